The molecule has 0 radical (unpaired) electrons. The number of nitrogens with zero attached hydrogens (tertiary/aromatic N) is 1. The van der Waals surface area contributed by atoms with Crippen LogP contribution >= 0.6 is 15.9 Å². The lowest BCUT2D eigenvalue weighted by molar-refractivity contribution is 1.21. The van der Waals surface area contributed by atoms with E-state index in [2.05, 4.69) is 53.8 Å². The Labute approximate surface area is 98.7 Å². The first kappa shape index (κ1) is 10.6. The van der Waals surface area contributed by atoms with Gasteiger partial charge in [0.1, 0.15) is 0 Å². The molecule has 0 saturated heterocycles. The lowest BCUT2D eigenvalue weighted by atomic mass is 10.0. The van der Waals surface area contributed by atoms with Crippen LogP contribution in [0.3, 0.4) is 0 Å². The van der Waals surface area contributed by atoms with E-state index < -0.39 is 0 Å². The van der Waals surface area contributed by atoms with Crippen LogP contribution in [0.15, 0.2) is 16.6 Å². The lowest BCUT2D eigenvalue weighted by Crippen LogP contribution is -1.94. The molecule has 0 saturated carbocycles. The van der Waals surface area contributed by atoms with Crippen molar-refractivity contribution in [3.63, 3.8) is 0 Å². The summed E-state index contributed by atoms with van der Waals surface area (Å²) in [6.45, 7) is 8.44. The molecule has 1 heterocycles. The summed E-state index contributed by atoms with van der Waals surface area (Å²) in [5.41, 5.74) is 6.05. The van der Waals surface area contributed by atoms with Gasteiger partial charge in [0.05, 0.1) is 5.52 Å². The highest BCUT2D eigenvalue weighted by molar-refractivity contribution is 9.10. The highest BCUT2D eigenvalue weighted by Gasteiger charge is 2.10. The van der Waals surface area contributed by atoms with E-state index in [0.29, 0.717) is 0 Å². The van der Waals surface area contributed by atoms with E-state index in [1.54, 1.807) is 0 Å². The van der Waals surface area contributed by atoms with Crippen molar-refractivity contribution in [1.82, 2.24) is 4.98 Å². The van der Waals surface area contributed by atoms with E-state index in [4.69, 9.17) is 0 Å². The van der Waals surface area contributed by atoms with Gasteiger partial charge in [-0.3, -0.25) is 4.98 Å². The maximum atomic E-state index is 4.62. The van der Waals surface area contributed by atoms with Gasteiger partial charge in [0, 0.05) is 15.6 Å². The zero-order valence-electron chi connectivity index (χ0n) is 9.48. The van der Waals surface area contributed by atoms with Gasteiger partial charge in [-0.05, 0) is 50.5 Å². The number of hydrogen-bond acceptors (Lipinski definition) is 1. The molecule has 0 aliphatic rings. The summed E-state index contributed by atoms with van der Waals surface area (Å²) in [5.74, 6) is 0. The lowest BCUT2D eigenvalue weighted by Gasteiger charge is -2.12. The molecule has 2 aromatic rings. The summed E-state index contributed by atoms with van der Waals surface area (Å²) >= 11 is 3.64. The predicted molar refractivity (Wildman–Crippen MR) is 68.4 cm³/mol. The van der Waals surface area contributed by atoms with Crippen molar-refractivity contribution in [3.05, 3.63) is 39.0 Å². The van der Waals surface area contributed by atoms with Crippen LogP contribution in [-0.2, 0) is 0 Å². The first-order valence-corrected chi connectivity index (χ1v) is 5.84. The summed E-state index contributed by atoms with van der Waals surface area (Å²) < 4.78 is 1.21. The molecule has 0 aliphatic carbocycles. The van der Waals surface area contributed by atoms with Crippen molar-refractivity contribution >= 4 is 26.8 Å². The van der Waals surface area contributed by atoms with E-state index in [1.165, 1.54) is 26.5 Å². The second kappa shape index (κ2) is 3.60. The van der Waals surface area contributed by atoms with E-state index in [-0.39, 0.29) is 0 Å². The zero-order chi connectivity index (χ0) is 11.2. The van der Waals surface area contributed by atoms with Gasteiger partial charge >= 0.3 is 0 Å². The Balaban J connectivity index is 3.00. The average Bonchev–Trinajstić information content (AvgIpc) is 2.23. The second-order valence-electron chi connectivity index (χ2n) is 4.04. The van der Waals surface area contributed by atoms with Gasteiger partial charge in [0.2, 0.25) is 0 Å². The topological polar surface area (TPSA) is 12.9 Å². The number of pyridine rings is 1. The Morgan fingerprint density at radius 1 is 0.933 bits per heavy atom. The fraction of sp³-hybridized carbons (Fsp3) is 0.308. The molecular weight excluding hydrogens is 250 g/mol. The molecular formula is C13H14BrN. The van der Waals surface area contributed by atoms with Gasteiger partial charge in [-0.15, -0.1) is 0 Å². The standard InChI is InChI=1S/C13H14BrN/c1-7-5-6-11-10(4)12(14)8(2)9(3)13(11)15-7/h5-6H,1-4H3. The minimum Gasteiger partial charge on any atom is -0.253 e. The molecule has 0 aliphatic heterocycles. The van der Waals surface area contributed by atoms with Gasteiger partial charge in [-0.1, -0.05) is 22.0 Å². The number of fused-ring (bicyclic) bond motifs is 1. The first-order chi connectivity index (χ1) is 7.02. The van der Waals surface area contributed by atoms with Crippen LogP contribution in [0.5, 0.6) is 0 Å². The summed E-state index contributed by atoms with van der Waals surface area (Å²) in [6, 6.07) is 4.22. The van der Waals surface area contributed by atoms with Crippen LogP contribution in [-0.4, -0.2) is 4.98 Å². The van der Waals surface area contributed by atoms with E-state index >= 15 is 0 Å². The number of hydrogen-bond donors (Lipinski definition) is 0. The predicted octanol–water partition coefficient (Wildman–Crippen LogP) is 4.23. The highest BCUT2D eigenvalue weighted by Crippen LogP contribution is 2.31. The minimum absolute atomic E-state index is 1.08. The maximum absolute atomic E-state index is 4.62. The molecule has 0 N–H and O–H groups in total. The van der Waals surface area contributed by atoms with Crippen molar-refractivity contribution in [1.29, 1.82) is 0 Å². The SMILES string of the molecule is Cc1ccc2c(C)c(Br)c(C)c(C)c2n1. The van der Waals surface area contributed by atoms with Gasteiger partial charge < -0.3 is 0 Å². The number of rotatable bonds is 0. The second-order valence-corrected chi connectivity index (χ2v) is 4.83. The fourth-order valence-corrected chi connectivity index (χ4v) is 2.40. The molecule has 1 aromatic carbocycles. The normalized spacial score (nSPS) is 11.0. The molecule has 2 rings (SSSR count). The van der Waals surface area contributed by atoms with Crippen molar-refractivity contribution in [3.8, 4) is 0 Å². The van der Waals surface area contributed by atoms with Gasteiger partial charge in [0.15, 0.2) is 0 Å². The summed E-state index contributed by atoms with van der Waals surface area (Å²) in [4.78, 5) is 4.62. The summed E-state index contributed by atoms with van der Waals surface area (Å²) in [6.07, 6.45) is 0. The van der Waals surface area contributed by atoms with E-state index in [0.717, 1.165) is 11.2 Å². The van der Waals surface area contributed by atoms with Crippen LogP contribution < -0.4 is 0 Å². The van der Waals surface area contributed by atoms with Gasteiger partial charge in [-0.2, -0.15) is 0 Å². The van der Waals surface area contributed by atoms with Crippen molar-refractivity contribution in [2.75, 3.05) is 0 Å². The molecule has 1 nitrogen and oxygen atoms in total. The maximum Gasteiger partial charge on any atom is 0.0740 e. The Hall–Kier alpha value is -0.890. The largest absolute Gasteiger partial charge is 0.253 e. The first-order valence-electron chi connectivity index (χ1n) is 5.05. The molecule has 0 spiro atoms. The quantitative estimate of drug-likeness (QED) is 0.693. The molecule has 0 bridgehead atoms. The number of benzene rings is 1. The van der Waals surface area contributed by atoms with Crippen LogP contribution in [0.25, 0.3) is 10.9 Å². The van der Waals surface area contributed by atoms with E-state index in [9.17, 15) is 0 Å². The van der Waals surface area contributed by atoms with Crippen LogP contribution in [0, 0.1) is 27.7 Å². The highest BCUT2D eigenvalue weighted by atomic mass is 79.9. The van der Waals surface area contributed by atoms with Crippen LogP contribution in [0.1, 0.15) is 22.4 Å². The number of aromatic nitrogens is 1. The molecule has 0 atom stereocenters. The third-order valence-electron chi connectivity index (χ3n) is 3.01. The molecule has 0 fully saturated rings. The molecule has 78 valence electrons. The summed E-state index contributed by atoms with van der Waals surface area (Å²) in [5, 5.41) is 1.25. The monoisotopic (exact) mass is 263 g/mol. The van der Waals surface area contributed by atoms with Crippen molar-refractivity contribution < 1.29 is 0 Å². The van der Waals surface area contributed by atoms with E-state index in [1.807, 2.05) is 6.92 Å². The third kappa shape index (κ3) is 1.57. The molecule has 0 amide bonds. The average molecular weight is 264 g/mol. The minimum atomic E-state index is 1.08. The Bertz CT molecular complexity index is 544. The van der Waals surface area contributed by atoms with Gasteiger partial charge in [0.25, 0.3) is 0 Å². The summed E-state index contributed by atoms with van der Waals surface area (Å²) in [7, 11) is 0. The van der Waals surface area contributed by atoms with Crippen molar-refractivity contribution in [2.45, 2.75) is 27.7 Å². The number of halogens is 1. The molecule has 0 unspecified atom stereocenters. The molecule has 15 heavy (non-hydrogen) atoms. The fourth-order valence-electron chi connectivity index (χ4n) is 1.89. The molecule has 2 heteroatoms. The number of aryl methyl sites for hydroxylation is 3. The Kier molecular flexibility index (Phi) is 2.55. The third-order valence-corrected chi connectivity index (χ3v) is 4.20. The Morgan fingerprint density at radius 2 is 1.60 bits per heavy atom. The van der Waals surface area contributed by atoms with Crippen molar-refractivity contribution in [2.24, 2.45) is 0 Å². The smallest absolute Gasteiger partial charge is 0.0740 e. The van der Waals surface area contributed by atoms with Crippen LogP contribution in [0.2, 0.25) is 0 Å². The molecule has 1 aromatic heterocycles. The van der Waals surface area contributed by atoms with Gasteiger partial charge in [-0.25, -0.2) is 0 Å². The Morgan fingerprint density at radius 3 is 2.27 bits per heavy atom. The zero-order valence-corrected chi connectivity index (χ0v) is 11.1. The van der Waals surface area contributed by atoms with Crippen LogP contribution in [0.4, 0.5) is 0 Å².